The Balaban J connectivity index is 2.33. The minimum absolute atomic E-state index is 0.198. The summed E-state index contributed by atoms with van der Waals surface area (Å²) in [7, 11) is 2.06. The number of aromatic amines is 1. The van der Waals surface area contributed by atoms with E-state index in [1.54, 1.807) is 0 Å². The van der Waals surface area contributed by atoms with Crippen LogP contribution in [-0.4, -0.2) is 23.5 Å². The zero-order valence-electron chi connectivity index (χ0n) is 10.2. The summed E-state index contributed by atoms with van der Waals surface area (Å²) in [5, 5.41) is 0.819. The number of fused-ring (bicyclic) bond motifs is 2. The summed E-state index contributed by atoms with van der Waals surface area (Å²) in [4.78, 5) is 18.0. The van der Waals surface area contributed by atoms with Crippen LogP contribution in [0.5, 0.6) is 0 Å². The summed E-state index contributed by atoms with van der Waals surface area (Å²) in [6.07, 6.45) is 0.935. The molecule has 3 nitrogen and oxygen atoms in total. The number of hydrogen-bond acceptors (Lipinski definition) is 2. The van der Waals surface area contributed by atoms with Gasteiger partial charge in [0.05, 0.1) is 0 Å². The van der Waals surface area contributed by atoms with E-state index >= 15 is 0 Å². The zero-order chi connectivity index (χ0) is 12.0. The number of aryl methyl sites for hydroxylation is 1. The van der Waals surface area contributed by atoms with E-state index in [-0.39, 0.29) is 5.43 Å². The number of nitrogens with zero attached hydrogens (tertiary/aromatic N) is 1. The highest BCUT2D eigenvalue weighted by Crippen LogP contribution is 2.18. The van der Waals surface area contributed by atoms with Crippen LogP contribution < -0.4 is 5.43 Å². The van der Waals surface area contributed by atoms with E-state index in [1.807, 2.05) is 25.1 Å². The van der Waals surface area contributed by atoms with Crippen molar-refractivity contribution in [1.29, 1.82) is 0 Å². The Hall–Kier alpha value is -1.61. The van der Waals surface area contributed by atoms with E-state index in [4.69, 9.17) is 0 Å². The molecule has 0 radical (unpaired) electrons. The van der Waals surface area contributed by atoms with E-state index in [0.29, 0.717) is 0 Å². The number of likely N-dealkylation sites (N-methyl/N-ethyl adjacent to an activating group) is 1. The molecule has 1 aromatic heterocycles. The Bertz CT molecular complexity index is 642. The summed E-state index contributed by atoms with van der Waals surface area (Å²) >= 11 is 0. The predicted molar refractivity (Wildman–Crippen MR) is 69.3 cm³/mol. The van der Waals surface area contributed by atoms with Gasteiger partial charge in [0.25, 0.3) is 0 Å². The molecule has 1 aliphatic rings. The van der Waals surface area contributed by atoms with Gasteiger partial charge in [0.15, 0.2) is 5.43 Å². The molecular weight excluding hydrogens is 212 g/mol. The zero-order valence-corrected chi connectivity index (χ0v) is 10.2. The highest BCUT2D eigenvalue weighted by atomic mass is 16.1. The van der Waals surface area contributed by atoms with Crippen LogP contribution in [0.3, 0.4) is 0 Å². The van der Waals surface area contributed by atoms with Gasteiger partial charge in [-0.3, -0.25) is 4.79 Å². The Morgan fingerprint density at radius 3 is 3.00 bits per heavy atom. The molecule has 2 aromatic rings. The van der Waals surface area contributed by atoms with Gasteiger partial charge in [0, 0.05) is 41.7 Å². The van der Waals surface area contributed by atoms with Crippen LogP contribution in [0.15, 0.2) is 23.0 Å². The molecule has 0 spiro atoms. The summed E-state index contributed by atoms with van der Waals surface area (Å²) in [6, 6.07) is 6.02. The van der Waals surface area contributed by atoms with Gasteiger partial charge in [0.1, 0.15) is 0 Å². The van der Waals surface area contributed by atoms with Crippen molar-refractivity contribution in [3.05, 3.63) is 45.2 Å². The minimum Gasteiger partial charge on any atom is -0.358 e. The summed E-state index contributed by atoms with van der Waals surface area (Å²) in [6.45, 7) is 3.79. The van der Waals surface area contributed by atoms with Crippen LogP contribution >= 0.6 is 0 Å². The first kappa shape index (κ1) is 10.5. The van der Waals surface area contributed by atoms with Crippen LogP contribution in [0.2, 0.25) is 0 Å². The molecule has 0 saturated heterocycles. The van der Waals surface area contributed by atoms with Crippen molar-refractivity contribution in [3.63, 3.8) is 0 Å². The van der Waals surface area contributed by atoms with Crippen molar-refractivity contribution in [1.82, 2.24) is 9.88 Å². The van der Waals surface area contributed by atoms with Gasteiger partial charge in [0.2, 0.25) is 0 Å². The highest BCUT2D eigenvalue weighted by Gasteiger charge is 2.18. The second-order valence-electron chi connectivity index (χ2n) is 4.95. The summed E-state index contributed by atoms with van der Waals surface area (Å²) in [5.41, 5.74) is 4.35. The third-order valence-corrected chi connectivity index (χ3v) is 3.52. The molecule has 2 heterocycles. The Morgan fingerprint density at radius 2 is 2.18 bits per heavy atom. The molecule has 3 rings (SSSR count). The third-order valence-electron chi connectivity index (χ3n) is 3.52. The summed E-state index contributed by atoms with van der Waals surface area (Å²) in [5.74, 6) is 0. The van der Waals surface area contributed by atoms with Crippen molar-refractivity contribution < 1.29 is 0 Å². The van der Waals surface area contributed by atoms with Crippen LogP contribution in [0.4, 0.5) is 0 Å². The average molecular weight is 228 g/mol. The number of aromatic nitrogens is 1. The molecule has 1 N–H and O–H groups in total. The molecule has 0 atom stereocenters. The first-order valence-corrected chi connectivity index (χ1v) is 5.98. The maximum absolute atomic E-state index is 12.4. The molecule has 1 aromatic carbocycles. The van der Waals surface area contributed by atoms with E-state index in [2.05, 4.69) is 16.9 Å². The minimum atomic E-state index is 0.198. The quantitative estimate of drug-likeness (QED) is 0.746. The standard InChI is InChI=1S/C14H16N2O/c1-9-3-4-12-10(7-9)14(17)11-8-16(2)6-5-13(11)15-12/h3-4,7H,5-6,8H2,1-2H3,(H,15,17). The fourth-order valence-corrected chi connectivity index (χ4v) is 2.52. The van der Waals surface area contributed by atoms with Gasteiger partial charge in [-0.15, -0.1) is 0 Å². The first-order valence-electron chi connectivity index (χ1n) is 5.98. The lowest BCUT2D eigenvalue weighted by atomic mass is 10.0. The molecule has 3 heteroatoms. The molecule has 1 aliphatic heterocycles. The molecule has 0 bridgehead atoms. The van der Waals surface area contributed by atoms with Crippen molar-refractivity contribution in [2.24, 2.45) is 0 Å². The third kappa shape index (κ3) is 1.67. The van der Waals surface area contributed by atoms with E-state index < -0.39 is 0 Å². The highest BCUT2D eigenvalue weighted by molar-refractivity contribution is 5.80. The maximum Gasteiger partial charge on any atom is 0.194 e. The van der Waals surface area contributed by atoms with Gasteiger partial charge in [-0.2, -0.15) is 0 Å². The fourth-order valence-electron chi connectivity index (χ4n) is 2.52. The topological polar surface area (TPSA) is 36.1 Å². The second-order valence-corrected chi connectivity index (χ2v) is 4.95. The lowest BCUT2D eigenvalue weighted by Crippen LogP contribution is -2.32. The summed E-state index contributed by atoms with van der Waals surface area (Å²) < 4.78 is 0. The Kier molecular flexibility index (Phi) is 2.30. The SMILES string of the molecule is Cc1ccc2[nH]c3c(c(=O)c2c1)CN(C)CC3. The average Bonchev–Trinajstić information content (AvgIpc) is 2.32. The van der Waals surface area contributed by atoms with Gasteiger partial charge in [-0.05, 0) is 26.1 Å². The van der Waals surface area contributed by atoms with Gasteiger partial charge in [-0.25, -0.2) is 0 Å². The molecule has 0 saturated carbocycles. The number of benzene rings is 1. The number of rotatable bonds is 0. The number of pyridine rings is 1. The van der Waals surface area contributed by atoms with E-state index in [0.717, 1.165) is 47.2 Å². The van der Waals surface area contributed by atoms with Crippen LogP contribution in [0.25, 0.3) is 10.9 Å². The van der Waals surface area contributed by atoms with Crippen LogP contribution in [0, 0.1) is 6.92 Å². The first-order chi connectivity index (χ1) is 8.15. The fraction of sp³-hybridized carbons (Fsp3) is 0.357. The van der Waals surface area contributed by atoms with Gasteiger partial charge in [-0.1, -0.05) is 11.6 Å². The monoisotopic (exact) mass is 228 g/mol. The molecule has 17 heavy (non-hydrogen) atoms. The number of H-pyrrole nitrogens is 1. The maximum atomic E-state index is 12.4. The molecule has 0 amide bonds. The van der Waals surface area contributed by atoms with Crippen molar-refractivity contribution >= 4 is 10.9 Å². The lowest BCUT2D eigenvalue weighted by molar-refractivity contribution is 0.309. The normalized spacial score (nSPS) is 16.1. The smallest absolute Gasteiger partial charge is 0.194 e. The largest absolute Gasteiger partial charge is 0.358 e. The van der Waals surface area contributed by atoms with Crippen LogP contribution in [0.1, 0.15) is 16.8 Å². The lowest BCUT2D eigenvalue weighted by Gasteiger charge is -2.24. The van der Waals surface area contributed by atoms with Crippen LogP contribution in [-0.2, 0) is 13.0 Å². The predicted octanol–water partition coefficient (Wildman–Crippen LogP) is 1.82. The van der Waals surface area contributed by atoms with E-state index in [9.17, 15) is 4.79 Å². The molecule has 0 fully saturated rings. The van der Waals surface area contributed by atoms with Gasteiger partial charge < -0.3 is 9.88 Å². The number of hydrogen-bond donors (Lipinski definition) is 1. The number of nitrogens with one attached hydrogen (secondary N) is 1. The molecular formula is C14H16N2O. The van der Waals surface area contributed by atoms with Gasteiger partial charge >= 0.3 is 0 Å². The Morgan fingerprint density at radius 1 is 1.35 bits per heavy atom. The van der Waals surface area contributed by atoms with E-state index in [1.165, 1.54) is 0 Å². The van der Waals surface area contributed by atoms with Crippen molar-refractivity contribution in [3.8, 4) is 0 Å². The van der Waals surface area contributed by atoms with Crippen molar-refractivity contribution in [2.75, 3.05) is 13.6 Å². The Labute approximate surface area is 100 Å². The molecule has 88 valence electrons. The molecule has 0 unspecified atom stereocenters. The second kappa shape index (κ2) is 3.70. The van der Waals surface area contributed by atoms with Crippen molar-refractivity contribution in [2.45, 2.75) is 19.9 Å². The molecule has 0 aliphatic carbocycles.